The number of ether oxygens (including phenoxy) is 3. The molecule has 3 aliphatic rings. The first kappa shape index (κ1) is 21.8. The fourth-order valence-electron chi connectivity index (χ4n) is 5.18. The van der Waals surface area contributed by atoms with E-state index in [1.54, 1.807) is 24.3 Å². The Morgan fingerprint density at radius 1 is 1.26 bits per heavy atom. The predicted molar refractivity (Wildman–Crippen MR) is 116 cm³/mol. The molecule has 1 saturated carbocycles. The molecular weight excluding hydrogens is 464 g/mol. The van der Waals surface area contributed by atoms with Gasteiger partial charge in [-0.05, 0) is 68.5 Å². The van der Waals surface area contributed by atoms with E-state index >= 15 is 0 Å². The summed E-state index contributed by atoms with van der Waals surface area (Å²) in [6, 6.07) is 6.96. The average Bonchev–Trinajstić information content (AvgIpc) is 3.13. The number of fused-ring (bicyclic) bond motifs is 3. The van der Waals surface area contributed by atoms with Gasteiger partial charge in [0.2, 0.25) is 0 Å². The Morgan fingerprint density at radius 3 is 2.58 bits per heavy atom. The first-order valence-corrected chi connectivity index (χ1v) is 11.2. The Hall–Kier alpha value is -2.41. The SMILES string of the molecule is C=C1C(=O)O[C@@H]2C3=C(C)[C@@H](OC(=O)c4ccc(Br)cc4)CC3[C@](C)(OC(C)=O)CC[C@@H]12. The quantitative estimate of drug-likeness (QED) is 0.269. The van der Waals surface area contributed by atoms with Crippen molar-refractivity contribution in [2.24, 2.45) is 11.8 Å². The van der Waals surface area contributed by atoms with Crippen LogP contribution in [0.15, 0.2) is 52.0 Å². The van der Waals surface area contributed by atoms with Gasteiger partial charge in [-0.2, -0.15) is 0 Å². The van der Waals surface area contributed by atoms with E-state index in [1.165, 1.54) is 6.92 Å². The summed E-state index contributed by atoms with van der Waals surface area (Å²) in [5.74, 6) is -1.56. The van der Waals surface area contributed by atoms with Crippen LogP contribution < -0.4 is 0 Å². The Kier molecular flexibility index (Phi) is 5.58. The van der Waals surface area contributed by atoms with Crippen LogP contribution in [-0.2, 0) is 23.8 Å². The fourth-order valence-corrected chi connectivity index (χ4v) is 5.44. The highest BCUT2D eigenvalue weighted by atomic mass is 79.9. The number of hydrogen-bond donors (Lipinski definition) is 0. The molecule has 1 saturated heterocycles. The van der Waals surface area contributed by atoms with Crippen molar-refractivity contribution in [2.75, 3.05) is 0 Å². The standard InChI is InChI=1S/C24H25BrO6/c1-12-17-9-10-24(4,31-14(3)26)18-11-19(13(2)20(18)21(17)30-22(12)27)29-23(28)15-5-7-16(25)8-6-15/h5-8,17-19,21H,1,9-11H2,2-4H3/t17-,18?,19-,21-,24+/m0/s1. The van der Waals surface area contributed by atoms with Crippen molar-refractivity contribution in [3.05, 3.63) is 57.6 Å². The van der Waals surface area contributed by atoms with E-state index < -0.39 is 23.8 Å². The summed E-state index contributed by atoms with van der Waals surface area (Å²) in [6.07, 6.45) is 0.727. The molecule has 0 aromatic heterocycles. The van der Waals surface area contributed by atoms with Crippen LogP contribution in [0.4, 0.5) is 0 Å². The van der Waals surface area contributed by atoms with Crippen molar-refractivity contribution in [2.45, 2.75) is 57.8 Å². The van der Waals surface area contributed by atoms with Crippen LogP contribution in [0.3, 0.4) is 0 Å². The van der Waals surface area contributed by atoms with Gasteiger partial charge >= 0.3 is 17.9 Å². The molecule has 1 aliphatic heterocycles. The summed E-state index contributed by atoms with van der Waals surface area (Å²) in [5, 5.41) is 0. The van der Waals surface area contributed by atoms with Crippen LogP contribution >= 0.6 is 15.9 Å². The molecule has 6 nitrogen and oxygen atoms in total. The highest BCUT2D eigenvalue weighted by Gasteiger charge is 2.56. The first-order chi connectivity index (χ1) is 14.6. The summed E-state index contributed by atoms with van der Waals surface area (Å²) >= 11 is 3.36. The van der Waals surface area contributed by atoms with Crippen molar-refractivity contribution in [3.8, 4) is 0 Å². The van der Waals surface area contributed by atoms with Crippen molar-refractivity contribution < 1.29 is 28.6 Å². The van der Waals surface area contributed by atoms with Crippen LogP contribution in [0.2, 0.25) is 0 Å². The van der Waals surface area contributed by atoms with E-state index in [0.29, 0.717) is 30.4 Å². The summed E-state index contributed by atoms with van der Waals surface area (Å²) in [6.45, 7) is 9.14. The molecule has 0 bridgehead atoms. The molecule has 5 atom stereocenters. The van der Waals surface area contributed by atoms with Crippen molar-refractivity contribution >= 4 is 33.8 Å². The second kappa shape index (κ2) is 7.93. The van der Waals surface area contributed by atoms with Gasteiger partial charge < -0.3 is 14.2 Å². The average molecular weight is 489 g/mol. The minimum Gasteiger partial charge on any atom is -0.459 e. The summed E-state index contributed by atoms with van der Waals surface area (Å²) in [5.41, 5.74) is 1.87. The molecule has 1 aromatic rings. The predicted octanol–water partition coefficient (Wildman–Crippen LogP) is 4.52. The van der Waals surface area contributed by atoms with Gasteiger partial charge in [-0.25, -0.2) is 9.59 Å². The molecule has 0 spiro atoms. The topological polar surface area (TPSA) is 78.9 Å². The van der Waals surface area contributed by atoms with Gasteiger partial charge in [-0.3, -0.25) is 4.79 Å². The molecule has 31 heavy (non-hydrogen) atoms. The van der Waals surface area contributed by atoms with E-state index in [4.69, 9.17) is 14.2 Å². The third-order valence-electron chi connectivity index (χ3n) is 6.77. The summed E-state index contributed by atoms with van der Waals surface area (Å²) in [7, 11) is 0. The van der Waals surface area contributed by atoms with Gasteiger partial charge in [0.15, 0.2) is 0 Å². The maximum Gasteiger partial charge on any atom is 0.338 e. The highest BCUT2D eigenvalue weighted by Crippen LogP contribution is 2.53. The van der Waals surface area contributed by atoms with Crippen LogP contribution in [0, 0.1) is 11.8 Å². The van der Waals surface area contributed by atoms with Crippen molar-refractivity contribution in [1.29, 1.82) is 0 Å². The van der Waals surface area contributed by atoms with E-state index in [2.05, 4.69) is 22.5 Å². The van der Waals surface area contributed by atoms with Gasteiger partial charge in [0, 0.05) is 28.8 Å². The highest BCUT2D eigenvalue weighted by molar-refractivity contribution is 9.10. The van der Waals surface area contributed by atoms with Crippen molar-refractivity contribution in [3.63, 3.8) is 0 Å². The zero-order chi connectivity index (χ0) is 22.5. The van der Waals surface area contributed by atoms with Gasteiger partial charge in [0.1, 0.15) is 17.8 Å². The number of benzene rings is 1. The maximum absolute atomic E-state index is 12.8. The van der Waals surface area contributed by atoms with Crippen LogP contribution in [0.25, 0.3) is 0 Å². The molecule has 1 heterocycles. The zero-order valence-electron chi connectivity index (χ0n) is 17.8. The molecule has 2 aliphatic carbocycles. The van der Waals surface area contributed by atoms with Crippen LogP contribution in [0.1, 0.15) is 50.4 Å². The fraction of sp³-hybridized carbons (Fsp3) is 0.458. The second-order valence-corrected chi connectivity index (χ2v) is 9.65. The lowest BCUT2D eigenvalue weighted by Gasteiger charge is -2.35. The molecule has 0 N–H and O–H groups in total. The Balaban J connectivity index is 1.68. The molecule has 0 radical (unpaired) electrons. The molecule has 164 valence electrons. The van der Waals surface area contributed by atoms with E-state index in [0.717, 1.165) is 15.6 Å². The molecular formula is C24H25BrO6. The lowest BCUT2D eigenvalue weighted by Crippen LogP contribution is -2.40. The monoisotopic (exact) mass is 488 g/mol. The molecule has 2 fully saturated rings. The largest absolute Gasteiger partial charge is 0.459 e. The number of esters is 3. The Labute approximate surface area is 189 Å². The molecule has 1 unspecified atom stereocenters. The van der Waals surface area contributed by atoms with Crippen molar-refractivity contribution in [1.82, 2.24) is 0 Å². The van der Waals surface area contributed by atoms with Crippen LogP contribution in [0.5, 0.6) is 0 Å². The molecule has 0 amide bonds. The Bertz CT molecular complexity index is 994. The minimum absolute atomic E-state index is 0.168. The van der Waals surface area contributed by atoms with Gasteiger partial charge in [-0.15, -0.1) is 0 Å². The van der Waals surface area contributed by atoms with Gasteiger partial charge in [0.25, 0.3) is 0 Å². The normalized spacial score (nSPS) is 32.1. The molecule has 7 heteroatoms. The third-order valence-corrected chi connectivity index (χ3v) is 7.30. The second-order valence-electron chi connectivity index (χ2n) is 8.73. The minimum atomic E-state index is -0.780. The summed E-state index contributed by atoms with van der Waals surface area (Å²) in [4.78, 5) is 36.9. The molecule has 4 rings (SSSR count). The van der Waals surface area contributed by atoms with Gasteiger partial charge in [-0.1, -0.05) is 22.5 Å². The number of hydrogen-bond acceptors (Lipinski definition) is 6. The third kappa shape index (κ3) is 3.84. The first-order valence-electron chi connectivity index (χ1n) is 10.4. The van der Waals surface area contributed by atoms with Gasteiger partial charge in [0.05, 0.1) is 5.56 Å². The maximum atomic E-state index is 12.8. The number of carbonyl (C=O) groups excluding carboxylic acids is 3. The number of rotatable bonds is 3. The van der Waals surface area contributed by atoms with E-state index in [9.17, 15) is 14.4 Å². The number of halogens is 1. The summed E-state index contributed by atoms with van der Waals surface area (Å²) < 4.78 is 18.3. The Morgan fingerprint density at radius 2 is 1.94 bits per heavy atom. The van der Waals surface area contributed by atoms with Crippen LogP contribution in [-0.4, -0.2) is 35.7 Å². The lowest BCUT2D eigenvalue weighted by molar-refractivity contribution is -0.161. The number of carbonyl (C=O) groups is 3. The smallest absolute Gasteiger partial charge is 0.338 e. The zero-order valence-corrected chi connectivity index (χ0v) is 19.4. The van der Waals surface area contributed by atoms with E-state index in [-0.39, 0.29) is 23.8 Å². The van der Waals surface area contributed by atoms with E-state index in [1.807, 2.05) is 13.8 Å². The molecule has 1 aromatic carbocycles. The lowest BCUT2D eigenvalue weighted by atomic mass is 9.81.